The summed E-state index contributed by atoms with van der Waals surface area (Å²) < 4.78 is 0. The van der Waals surface area contributed by atoms with Crippen LogP contribution in [0.1, 0.15) is 5.56 Å². The van der Waals surface area contributed by atoms with Gasteiger partial charge in [0.2, 0.25) is 0 Å². The molecule has 0 amide bonds. The maximum Gasteiger partial charge on any atom is 0.0462 e. The van der Waals surface area contributed by atoms with Crippen LogP contribution in [0.25, 0.3) is 77.5 Å². The number of anilines is 3. The molecule has 0 spiro atoms. The van der Waals surface area contributed by atoms with Crippen LogP contribution in [0.5, 0.6) is 0 Å². The van der Waals surface area contributed by atoms with E-state index in [2.05, 4.69) is 254 Å². The normalized spacial score (nSPS) is 11.1. The first-order valence-electron chi connectivity index (χ1n) is 20.7. The lowest BCUT2D eigenvalue weighted by Gasteiger charge is -2.26. The fourth-order valence-corrected chi connectivity index (χ4v) is 8.60. The van der Waals surface area contributed by atoms with Crippen LogP contribution in [-0.4, -0.2) is 0 Å². The van der Waals surface area contributed by atoms with Crippen LogP contribution in [0.3, 0.4) is 0 Å². The molecule has 0 radical (unpaired) electrons. The van der Waals surface area contributed by atoms with Crippen molar-refractivity contribution in [3.63, 3.8) is 0 Å². The molecule has 0 heterocycles. The Kier molecular flexibility index (Phi) is 9.91. The van der Waals surface area contributed by atoms with Crippen molar-refractivity contribution in [3.8, 4) is 66.8 Å². The first-order chi connectivity index (χ1) is 29.7. The van der Waals surface area contributed by atoms with Gasteiger partial charge in [-0.3, -0.25) is 0 Å². The number of aryl methyl sites for hydroxylation is 1. The van der Waals surface area contributed by atoms with E-state index in [1.54, 1.807) is 0 Å². The molecule has 60 heavy (non-hydrogen) atoms. The quantitative estimate of drug-likeness (QED) is 0.141. The summed E-state index contributed by atoms with van der Waals surface area (Å²) in [7, 11) is 0. The highest BCUT2D eigenvalue weighted by atomic mass is 15.1. The van der Waals surface area contributed by atoms with Gasteiger partial charge in [0.1, 0.15) is 0 Å². The molecular weight excluding hydrogens is 723 g/mol. The van der Waals surface area contributed by atoms with Gasteiger partial charge < -0.3 is 4.90 Å². The summed E-state index contributed by atoms with van der Waals surface area (Å²) in [4.78, 5) is 2.36. The van der Waals surface area contributed by atoms with Gasteiger partial charge in [-0.1, -0.05) is 200 Å². The Morgan fingerprint density at radius 1 is 0.250 bits per heavy atom. The summed E-state index contributed by atoms with van der Waals surface area (Å²) >= 11 is 0. The van der Waals surface area contributed by atoms with Crippen molar-refractivity contribution >= 4 is 27.8 Å². The molecule has 0 bridgehead atoms. The molecule has 10 aromatic rings. The van der Waals surface area contributed by atoms with Crippen molar-refractivity contribution in [2.24, 2.45) is 0 Å². The molecule has 10 rings (SSSR count). The highest BCUT2D eigenvalue weighted by Crippen LogP contribution is 2.42. The number of rotatable bonds is 9. The smallest absolute Gasteiger partial charge is 0.0462 e. The van der Waals surface area contributed by atoms with Crippen LogP contribution < -0.4 is 4.90 Å². The first kappa shape index (κ1) is 36.6. The Morgan fingerprint density at radius 2 is 0.617 bits per heavy atom. The second-order valence-corrected chi connectivity index (χ2v) is 15.4. The monoisotopic (exact) mass is 765 g/mol. The Labute approximate surface area is 353 Å². The Hall–Kier alpha value is -7.74. The number of fused-ring (bicyclic) bond motifs is 1. The molecule has 0 unspecified atom stereocenters. The van der Waals surface area contributed by atoms with E-state index in [1.807, 2.05) is 0 Å². The van der Waals surface area contributed by atoms with Gasteiger partial charge in [0.15, 0.2) is 0 Å². The van der Waals surface area contributed by atoms with E-state index in [1.165, 1.54) is 83.1 Å². The number of benzene rings is 10. The second kappa shape index (κ2) is 16.3. The SMILES string of the molecule is Cc1ccc(-c2ccc(N(c3ccc(-c4ccccc4)cc3)c3ccc(-c4cccc(-c5ccccc5-c5ccccc5)c4)cc3)cc2)c2c(-c3ccccc3)cccc12. The molecule has 0 saturated heterocycles. The Morgan fingerprint density at radius 3 is 1.20 bits per heavy atom. The third-order valence-electron chi connectivity index (χ3n) is 11.7. The predicted octanol–water partition coefficient (Wildman–Crippen LogP) is 16.6. The van der Waals surface area contributed by atoms with Gasteiger partial charge in [0.05, 0.1) is 0 Å². The van der Waals surface area contributed by atoms with Crippen molar-refractivity contribution < 1.29 is 0 Å². The molecule has 0 fully saturated rings. The standard InChI is InChI=1S/C59H43N/c1-42-27-40-58(59-54(42)25-14-26-57(59)47-19-9-4-10-20-47)48-32-38-53(39-33-48)60(51-34-28-44(29-35-51)43-15-5-2-6-16-43)52-36-30-45(31-37-52)49-21-13-22-50(41-49)56-24-12-11-23-55(56)46-17-7-3-8-18-46/h2-41H,1H3. The third-order valence-corrected chi connectivity index (χ3v) is 11.7. The van der Waals surface area contributed by atoms with Gasteiger partial charge in [-0.05, 0) is 132 Å². The summed E-state index contributed by atoms with van der Waals surface area (Å²) in [5.41, 5.74) is 19.1. The van der Waals surface area contributed by atoms with Crippen molar-refractivity contribution in [3.05, 3.63) is 248 Å². The lowest BCUT2D eigenvalue weighted by Crippen LogP contribution is -2.09. The summed E-state index contributed by atoms with van der Waals surface area (Å²) in [6.07, 6.45) is 0. The molecule has 0 aliphatic carbocycles. The summed E-state index contributed by atoms with van der Waals surface area (Å²) in [6, 6.07) is 87.8. The summed E-state index contributed by atoms with van der Waals surface area (Å²) in [5.74, 6) is 0. The van der Waals surface area contributed by atoms with Crippen LogP contribution in [0.4, 0.5) is 17.1 Å². The van der Waals surface area contributed by atoms with E-state index in [9.17, 15) is 0 Å². The minimum Gasteiger partial charge on any atom is -0.311 e. The van der Waals surface area contributed by atoms with Gasteiger partial charge in [-0.2, -0.15) is 0 Å². The molecule has 0 saturated carbocycles. The van der Waals surface area contributed by atoms with Gasteiger partial charge in [-0.25, -0.2) is 0 Å². The molecule has 284 valence electrons. The molecule has 1 heteroatoms. The Bertz CT molecular complexity index is 3040. The topological polar surface area (TPSA) is 3.24 Å². The zero-order chi connectivity index (χ0) is 40.3. The molecule has 0 N–H and O–H groups in total. The zero-order valence-corrected chi connectivity index (χ0v) is 33.5. The highest BCUT2D eigenvalue weighted by Gasteiger charge is 2.16. The molecular formula is C59H43N. The van der Waals surface area contributed by atoms with Crippen molar-refractivity contribution in [2.75, 3.05) is 4.90 Å². The van der Waals surface area contributed by atoms with E-state index in [0.717, 1.165) is 17.1 Å². The molecule has 10 aromatic carbocycles. The number of nitrogens with zero attached hydrogens (tertiary/aromatic N) is 1. The lowest BCUT2D eigenvalue weighted by atomic mass is 9.89. The van der Waals surface area contributed by atoms with Gasteiger partial charge in [0.25, 0.3) is 0 Å². The second-order valence-electron chi connectivity index (χ2n) is 15.4. The molecule has 0 aliphatic rings. The van der Waals surface area contributed by atoms with Gasteiger partial charge in [-0.15, -0.1) is 0 Å². The molecule has 0 aliphatic heterocycles. The zero-order valence-electron chi connectivity index (χ0n) is 33.5. The van der Waals surface area contributed by atoms with Gasteiger partial charge in [0, 0.05) is 17.1 Å². The van der Waals surface area contributed by atoms with E-state index in [0.29, 0.717) is 0 Å². The summed E-state index contributed by atoms with van der Waals surface area (Å²) in [6.45, 7) is 2.21. The van der Waals surface area contributed by atoms with Crippen molar-refractivity contribution in [1.29, 1.82) is 0 Å². The fraction of sp³-hybridized carbons (Fsp3) is 0.0169. The van der Waals surface area contributed by atoms with Crippen molar-refractivity contribution in [2.45, 2.75) is 6.92 Å². The number of hydrogen-bond acceptors (Lipinski definition) is 1. The maximum atomic E-state index is 2.36. The van der Waals surface area contributed by atoms with E-state index < -0.39 is 0 Å². The minimum atomic E-state index is 1.09. The lowest BCUT2D eigenvalue weighted by molar-refractivity contribution is 1.28. The third kappa shape index (κ3) is 7.19. The van der Waals surface area contributed by atoms with Gasteiger partial charge >= 0.3 is 0 Å². The largest absolute Gasteiger partial charge is 0.311 e. The van der Waals surface area contributed by atoms with E-state index in [4.69, 9.17) is 0 Å². The Balaban J connectivity index is 1.03. The molecule has 0 aromatic heterocycles. The van der Waals surface area contributed by atoms with Crippen LogP contribution in [-0.2, 0) is 0 Å². The van der Waals surface area contributed by atoms with E-state index >= 15 is 0 Å². The predicted molar refractivity (Wildman–Crippen MR) is 256 cm³/mol. The van der Waals surface area contributed by atoms with Crippen molar-refractivity contribution in [1.82, 2.24) is 0 Å². The highest BCUT2D eigenvalue weighted by molar-refractivity contribution is 6.07. The average molecular weight is 766 g/mol. The minimum absolute atomic E-state index is 1.09. The molecule has 1 nitrogen and oxygen atoms in total. The van der Waals surface area contributed by atoms with Crippen LogP contribution in [0.2, 0.25) is 0 Å². The summed E-state index contributed by atoms with van der Waals surface area (Å²) in [5, 5.41) is 2.57. The van der Waals surface area contributed by atoms with E-state index in [-0.39, 0.29) is 0 Å². The van der Waals surface area contributed by atoms with Crippen LogP contribution in [0.15, 0.2) is 243 Å². The van der Waals surface area contributed by atoms with Crippen LogP contribution >= 0.6 is 0 Å². The fourth-order valence-electron chi connectivity index (χ4n) is 8.60. The average Bonchev–Trinajstić information content (AvgIpc) is 3.33. The first-order valence-corrected chi connectivity index (χ1v) is 20.7. The van der Waals surface area contributed by atoms with Crippen LogP contribution in [0, 0.1) is 6.92 Å². The maximum absolute atomic E-state index is 2.36. The molecule has 0 atom stereocenters. The number of hydrogen-bond donors (Lipinski definition) is 0.